The molecule has 0 saturated carbocycles. The van der Waals surface area contributed by atoms with Crippen LogP contribution in [0.4, 0.5) is 0 Å². The van der Waals surface area contributed by atoms with Gasteiger partial charge in [-0.15, -0.1) is 0 Å². The maximum Gasteiger partial charge on any atom is 0.230 e. The van der Waals surface area contributed by atoms with Gasteiger partial charge in [-0.05, 0) is 45.4 Å². The largest absolute Gasteiger partial charge is 0.496 e. The van der Waals surface area contributed by atoms with E-state index in [1.165, 1.54) is 19.3 Å². The molecule has 1 atom stereocenters. The van der Waals surface area contributed by atoms with Gasteiger partial charge in [0.1, 0.15) is 17.3 Å². The number of benzene rings is 1. The number of aryl methyl sites for hydroxylation is 1. The number of hydrogen-bond acceptors (Lipinski definition) is 6. The minimum Gasteiger partial charge on any atom is -0.496 e. The van der Waals surface area contributed by atoms with Crippen LogP contribution in [0, 0.1) is 13.8 Å². The highest BCUT2D eigenvalue weighted by Crippen LogP contribution is 2.38. The fraction of sp³-hybridized carbons (Fsp3) is 0.571. The van der Waals surface area contributed by atoms with E-state index >= 15 is 0 Å². The van der Waals surface area contributed by atoms with E-state index in [0.717, 1.165) is 53.8 Å². The standard InChI is InChI=1S/C21H30N2O4/c1-14-19(25-4)10-9-17(20(14)26-5)21-22-18(15(2)27-21)12-23-11-7-6-8-16(23)13-24-3/h9-10,16H,6-8,11-13H2,1-5H3/t16-/m0/s1. The molecule has 2 heterocycles. The lowest BCUT2D eigenvalue weighted by atomic mass is 10.0. The lowest BCUT2D eigenvalue weighted by Gasteiger charge is -2.34. The number of methoxy groups -OCH3 is 3. The van der Waals surface area contributed by atoms with Gasteiger partial charge in [0.05, 0.1) is 32.1 Å². The molecular weight excluding hydrogens is 344 g/mol. The number of piperidine rings is 1. The van der Waals surface area contributed by atoms with E-state index in [1.54, 1.807) is 21.3 Å². The van der Waals surface area contributed by atoms with Crippen molar-refractivity contribution in [3.8, 4) is 23.0 Å². The van der Waals surface area contributed by atoms with E-state index in [2.05, 4.69) is 4.90 Å². The van der Waals surface area contributed by atoms with Crippen LogP contribution in [-0.4, -0.2) is 50.4 Å². The van der Waals surface area contributed by atoms with Crippen LogP contribution in [0.5, 0.6) is 11.5 Å². The molecule has 1 aromatic heterocycles. The minimum atomic E-state index is 0.445. The van der Waals surface area contributed by atoms with Gasteiger partial charge in [0, 0.05) is 25.3 Å². The molecule has 0 bridgehead atoms. The van der Waals surface area contributed by atoms with Crippen molar-refractivity contribution >= 4 is 0 Å². The van der Waals surface area contributed by atoms with Crippen LogP contribution < -0.4 is 9.47 Å². The van der Waals surface area contributed by atoms with Gasteiger partial charge in [-0.25, -0.2) is 4.98 Å². The van der Waals surface area contributed by atoms with Crippen molar-refractivity contribution in [3.05, 3.63) is 29.2 Å². The van der Waals surface area contributed by atoms with Gasteiger partial charge in [-0.3, -0.25) is 4.90 Å². The van der Waals surface area contributed by atoms with Crippen LogP contribution >= 0.6 is 0 Å². The van der Waals surface area contributed by atoms with E-state index < -0.39 is 0 Å². The van der Waals surface area contributed by atoms with Gasteiger partial charge in [0.2, 0.25) is 5.89 Å². The Morgan fingerprint density at radius 2 is 1.96 bits per heavy atom. The number of oxazole rings is 1. The molecule has 2 aromatic rings. The molecule has 1 aliphatic heterocycles. The van der Waals surface area contributed by atoms with Crippen molar-refractivity contribution in [2.75, 3.05) is 34.5 Å². The SMILES string of the molecule is COC[C@@H]1CCCCN1Cc1nc(-c2ccc(OC)c(C)c2OC)oc1C. The Kier molecular flexibility index (Phi) is 6.39. The first-order chi connectivity index (χ1) is 13.1. The summed E-state index contributed by atoms with van der Waals surface area (Å²) in [5.74, 6) is 2.96. The maximum absolute atomic E-state index is 6.02. The van der Waals surface area contributed by atoms with E-state index in [9.17, 15) is 0 Å². The molecule has 1 saturated heterocycles. The fourth-order valence-electron chi connectivity index (χ4n) is 3.86. The highest BCUT2D eigenvalue weighted by Gasteiger charge is 2.25. The van der Waals surface area contributed by atoms with Crippen LogP contribution in [0.2, 0.25) is 0 Å². The second-order valence-corrected chi connectivity index (χ2v) is 7.07. The fourth-order valence-corrected chi connectivity index (χ4v) is 3.86. The van der Waals surface area contributed by atoms with Gasteiger partial charge in [0.15, 0.2) is 0 Å². The van der Waals surface area contributed by atoms with E-state index in [4.69, 9.17) is 23.6 Å². The zero-order valence-corrected chi connectivity index (χ0v) is 17.0. The summed E-state index contributed by atoms with van der Waals surface area (Å²) in [7, 11) is 5.08. The zero-order valence-electron chi connectivity index (χ0n) is 17.0. The summed E-state index contributed by atoms with van der Waals surface area (Å²) in [6.07, 6.45) is 3.65. The molecule has 0 radical (unpaired) electrons. The molecule has 0 spiro atoms. The van der Waals surface area contributed by atoms with Crippen molar-refractivity contribution in [2.24, 2.45) is 0 Å². The highest BCUT2D eigenvalue weighted by molar-refractivity contribution is 5.68. The third-order valence-electron chi connectivity index (χ3n) is 5.36. The summed E-state index contributed by atoms with van der Waals surface area (Å²) in [5.41, 5.74) is 2.76. The monoisotopic (exact) mass is 374 g/mol. The number of aromatic nitrogens is 1. The lowest BCUT2D eigenvalue weighted by Crippen LogP contribution is -2.41. The van der Waals surface area contributed by atoms with Gasteiger partial charge >= 0.3 is 0 Å². The van der Waals surface area contributed by atoms with E-state index in [0.29, 0.717) is 11.9 Å². The van der Waals surface area contributed by atoms with Crippen molar-refractivity contribution in [3.63, 3.8) is 0 Å². The average Bonchev–Trinajstić information content (AvgIpc) is 3.03. The normalized spacial score (nSPS) is 17.9. The molecule has 0 aliphatic carbocycles. The first kappa shape index (κ1) is 19.7. The molecule has 6 nitrogen and oxygen atoms in total. The lowest BCUT2D eigenvalue weighted by molar-refractivity contribution is 0.0590. The van der Waals surface area contributed by atoms with Crippen LogP contribution in [0.1, 0.15) is 36.3 Å². The summed E-state index contributed by atoms with van der Waals surface area (Å²) < 4.78 is 22.4. The predicted octanol–water partition coefficient (Wildman–Crippen LogP) is 3.98. The highest BCUT2D eigenvalue weighted by atomic mass is 16.5. The predicted molar refractivity (Wildman–Crippen MR) is 104 cm³/mol. The van der Waals surface area contributed by atoms with Crippen molar-refractivity contribution in [1.82, 2.24) is 9.88 Å². The summed E-state index contributed by atoms with van der Waals surface area (Å²) in [6.45, 7) is 6.56. The molecule has 0 amide bonds. The molecule has 6 heteroatoms. The maximum atomic E-state index is 6.02. The van der Waals surface area contributed by atoms with Crippen molar-refractivity contribution < 1.29 is 18.6 Å². The summed E-state index contributed by atoms with van der Waals surface area (Å²) >= 11 is 0. The van der Waals surface area contributed by atoms with Crippen LogP contribution in [0.15, 0.2) is 16.5 Å². The summed E-state index contributed by atoms with van der Waals surface area (Å²) in [5, 5.41) is 0. The Morgan fingerprint density at radius 1 is 1.15 bits per heavy atom. The number of rotatable bonds is 7. The second-order valence-electron chi connectivity index (χ2n) is 7.07. The molecule has 27 heavy (non-hydrogen) atoms. The zero-order chi connectivity index (χ0) is 19.4. The molecule has 0 N–H and O–H groups in total. The molecule has 1 fully saturated rings. The minimum absolute atomic E-state index is 0.445. The molecule has 1 aliphatic rings. The van der Waals surface area contributed by atoms with Crippen LogP contribution in [0.3, 0.4) is 0 Å². The van der Waals surface area contributed by atoms with E-state index in [1.807, 2.05) is 26.0 Å². The Bertz CT molecular complexity index is 770. The smallest absolute Gasteiger partial charge is 0.230 e. The first-order valence-corrected chi connectivity index (χ1v) is 9.50. The first-order valence-electron chi connectivity index (χ1n) is 9.50. The van der Waals surface area contributed by atoms with Crippen molar-refractivity contribution in [2.45, 2.75) is 45.7 Å². The Balaban J connectivity index is 1.87. The van der Waals surface area contributed by atoms with Gasteiger partial charge in [-0.2, -0.15) is 0 Å². The number of ether oxygens (including phenoxy) is 3. The number of nitrogens with zero attached hydrogens (tertiary/aromatic N) is 2. The van der Waals surface area contributed by atoms with Crippen molar-refractivity contribution in [1.29, 1.82) is 0 Å². The van der Waals surface area contributed by atoms with Gasteiger partial charge < -0.3 is 18.6 Å². The van der Waals surface area contributed by atoms with E-state index in [-0.39, 0.29) is 0 Å². The summed E-state index contributed by atoms with van der Waals surface area (Å²) in [6, 6.07) is 4.31. The quantitative estimate of drug-likeness (QED) is 0.731. The number of hydrogen-bond donors (Lipinski definition) is 0. The average molecular weight is 374 g/mol. The summed E-state index contributed by atoms with van der Waals surface area (Å²) in [4.78, 5) is 7.26. The topological polar surface area (TPSA) is 57.0 Å². The number of likely N-dealkylation sites (tertiary alicyclic amines) is 1. The Hall–Kier alpha value is -2.05. The Morgan fingerprint density at radius 3 is 2.67 bits per heavy atom. The van der Waals surface area contributed by atoms with Crippen LogP contribution in [-0.2, 0) is 11.3 Å². The van der Waals surface area contributed by atoms with Gasteiger partial charge in [-0.1, -0.05) is 6.42 Å². The van der Waals surface area contributed by atoms with Crippen LogP contribution in [0.25, 0.3) is 11.5 Å². The molecule has 148 valence electrons. The second kappa shape index (κ2) is 8.76. The molecular formula is C21H30N2O4. The van der Waals surface area contributed by atoms with Gasteiger partial charge in [0.25, 0.3) is 0 Å². The third kappa shape index (κ3) is 4.12. The molecule has 0 unspecified atom stereocenters. The molecule has 1 aromatic carbocycles. The molecule has 3 rings (SSSR count). The third-order valence-corrected chi connectivity index (χ3v) is 5.36. The Labute approximate surface area is 161 Å².